The highest BCUT2D eigenvalue weighted by Crippen LogP contribution is 2.14. The monoisotopic (exact) mass is 239 g/mol. The van der Waals surface area contributed by atoms with Crippen LogP contribution < -0.4 is 10.9 Å². The summed E-state index contributed by atoms with van der Waals surface area (Å²) in [4.78, 5) is 25.7. The van der Waals surface area contributed by atoms with Crippen molar-refractivity contribution in [2.45, 2.75) is 0 Å². The molecule has 0 aliphatic rings. The number of benzene rings is 1. The minimum atomic E-state index is -0.542. The van der Waals surface area contributed by atoms with Crippen molar-refractivity contribution < 1.29 is 4.79 Å². The number of amides is 1. The summed E-state index contributed by atoms with van der Waals surface area (Å²) >= 11 is 0. The highest BCUT2D eigenvalue weighted by Gasteiger charge is 2.11. The van der Waals surface area contributed by atoms with Gasteiger partial charge >= 0.3 is 0 Å². The molecule has 88 valence electrons. The van der Waals surface area contributed by atoms with E-state index in [9.17, 15) is 9.59 Å². The van der Waals surface area contributed by atoms with Crippen LogP contribution in [0.15, 0.2) is 47.4 Å². The van der Waals surface area contributed by atoms with Gasteiger partial charge in [-0.25, -0.2) is 0 Å². The van der Waals surface area contributed by atoms with Gasteiger partial charge in [0.25, 0.3) is 11.5 Å². The van der Waals surface area contributed by atoms with E-state index in [2.05, 4.69) is 10.3 Å². The fourth-order valence-corrected chi connectivity index (χ4v) is 1.48. The topological polar surface area (TPSA) is 85.8 Å². The molecular formula is C13H9N3O2. The molecule has 0 saturated heterocycles. The van der Waals surface area contributed by atoms with Crippen molar-refractivity contribution in [2.24, 2.45) is 0 Å². The van der Waals surface area contributed by atoms with Crippen molar-refractivity contribution in [2.75, 3.05) is 5.32 Å². The maximum Gasteiger partial charge on any atom is 0.261 e. The molecule has 18 heavy (non-hydrogen) atoms. The zero-order valence-electron chi connectivity index (χ0n) is 9.31. The molecule has 0 aliphatic carbocycles. The standard InChI is InChI=1S/C13H9N3O2/c14-8-9-4-1-2-6-11(9)16-13(18)10-5-3-7-15-12(10)17/h1-7H,(H,15,17)(H,16,18). The Balaban J connectivity index is 2.31. The number of rotatable bonds is 2. The number of anilines is 1. The lowest BCUT2D eigenvalue weighted by Crippen LogP contribution is -2.22. The molecule has 1 aromatic carbocycles. The number of hydrogen-bond donors (Lipinski definition) is 2. The van der Waals surface area contributed by atoms with E-state index in [0.29, 0.717) is 11.3 Å². The van der Waals surface area contributed by atoms with Gasteiger partial charge < -0.3 is 10.3 Å². The van der Waals surface area contributed by atoms with E-state index >= 15 is 0 Å². The first-order valence-corrected chi connectivity index (χ1v) is 5.20. The van der Waals surface area contributed by atoms with Gasteiger partial charge in [0.15, 0.2) is 0 Å². The molecule has 0 fully saturated rings. The molecule has 0 radical (unpaired) electrons. The Bertz CT molecular complexity index is 683. The Morgan fingerprint density at radius 1 is 1.22 bits per heavy atom. The highest BCUT2D eigenvalue weighted by molar-refractivity contribution is 6.04. The second-order valence-electron chi connectivity index (χ2n) is 3.52. The van der Waals surface area contributed by atoms with E-state index < -0.39 is 11.5 Å². The lowest BCUT2D eigenvalue weighted by molar-refractivity contribution is 0.102. The third kappa shape index (κ3) is 2.28. The summed E-state index contributed by atoms with van der Waals surface area (Å²) in [6, 6.07) is 11.5. The molecule has 5 nitrogen and oxygen atoms in total. The van der Waals surface area contributed by atoms with Gasteiger partial charge in [0.1, 0.15) is 11.6 Å². The summed E-state index contributed by atoms with van der Waals surface area (Å²) in [5, 5.41) is 11.4. The minimum absolute atomic E-state index is 0.00485. The first kappa shape index (κ1) is 11.6. The molecule has 2 rings (SSSR count). The second-order valence-corrected chi connectivity index (χ2v) is 3.52. The number of para-hydroxylation sites is 1. The number of pyridine rings is 1. The largest absolute Gasteiger partial charge is 0.328 e. The van der Waals surface area contributed by atoms with Crippen molar-refractivity contribution in [3.05, 3.63) is 64.1 Å². The summed E-state index contributed by atoms with van der Waals surface area (Å²) in [5.74, 6) is -0.542. The van der Waals surface area contributed by atoms with Crippen LogP contribution in [0.2, 0.25) is 0 Å². The molecule has 0 aliphatic heterocycles. The number of nitriles is 1. The van der Waals surface area contributed by atoms with E-state index in [1.807, 2.05) is 6.07 Å². The molecule has 1 amide bonds. The predicted octanol–water partition coefficient (Wildman–Crippen LogP) is 1.50. The van der Waals surface area contributed by atoms with Gasteiger partial charge in [0.2, 0.25) is 0 Å². The molecule has 1 aromatic heterocycles. The zero-order chi connectivity index (χ0) is 13.0. The van der Waals surface area contributed by atoms with Gasteiger partial charge in [-0.3, -0.25) is 9.59 Å². The number of aromatic nitrogens is 1. The lowest BCUT2D eigenvalue weighted by Gasteiger charge is -2.05. The average molecular weight is 239 g/mol. The van der Waals surface area contributed by atoms with Crippen LogP contribution in [0.25, 0.3) is 0 Å². The maximum absolute atomic E-state index is 11.9. The van der Waals surface area contributed by atoms with E-state index in [4.69, 9.17) is 5.26 Å². The fraction of sp³-hybridized carbons (Fsp3) is 0. The number of hydrogen-bond acceptors (Lipinski definition) is 3. The molecule has 0 unspecified atom stereocenters. The predicted molar refractivity (Wildman–Crippen MR) is 66.2 cm³/mol. The first-order chi connectivity index (χ1) is 8.72. The van der Waals surface area contributed by atoms with E-state index in [1.165, 1.54) is 12.3 Å². The van der Waals surface area contributed by atoms with Crippen LogP contribution in [0.1, 0.15) is 15.9 Å². The van der Waals surface area contributed by atoms with Crippen LogP contribution in [-0.4, -0.2) is 10.9 Å². The Labute approximate surface area is 103 Å². The summed E-state index contributed by atoms with van der Waals surface area (Å²) < 4.78 is 0. The third-order valence-corrected chi connectivity index (χ3v) is 2.36. The molecule has 5 heteroatoms. The van der Waals surface area contributed by atoms with Crippen molar-refractivity contribution >= 4 is 11.6 Å². The Morgan fingerprint density at radius 2 is 2.00 bits per heavy atom. The first-order valence-electron chi connectivity index (χ1n) is 5.20. The Kier molecular flexibility index (Phi) is 3.21. The van der Waals surface area contributed by atoms with Crippen LogP contribution in [-0.2, 0) is 0 Å². The number of carbonyl (C=O) groups excluding carboxylic acids is 1. The number of aromatic amines is 1. The quantitative estimate of drug-likeness (QED) is 0.832. The van der Waals surface area contributed by atoms with Gasteiger partial charge in [-0.15, -0.1) is 0 Å². The number of H-pyrrole nitrogens is 1. The van der Waals surface area contributed by atoms with Crippen LogP contribution in [0, 0.1) is 11.3 Å². The smallest absolute Gasteiger partial charge is 0.261 e. The second kappa shape index (κ2) is 4.97. The van der Waals surface area contributed by atoms with Crippen LogP contribution in [0.3, 0.4) is 0 Å². The fourth-order valence-electron chi connectivity index (χ4n) is 1.48. The maximum atomic E-state index is 11.9. The van der Waals surface area contributed by atoms with Gasteiger partial charge in [-0.05, 0) is 24.3 Å². The molecule has 1 heterocycles. The highest BCUT2D eigenvalue weighted by atomic mass is 16.2. The minimum Gasteiger partial charge on any atom is -0.328 e. The lowest BCUT2D eigenvalue weighted by atomic mass is 10.2. The van der Waals surface area contributed by atoms with Gasteiger partial charge in [-0.1, -0.05) is 12.1 Å². The molecule has 0 atom stereocenters. The SMILES string of the molecule is N#Cc1ccccc1NC(=O)c1ccc[nH]c1=O. The summed E-state index contributed by atoms with van der Waals surface area (Å²) in [7, 11) is 0. The van der Waals surface area contributed by atoms with Gasteiger partial charge in [-0.2, -0.15) is 5.26 Å². The zero-order valence-corrected chi connectivity index (χ0v) is 9.31. The Hall–Kier alpha value is -2.87. The van der Waals surface area contributed by atoms with Crippen molar-refractivity contribution in [1.29, 1.82) is 5.26 Å². The number of nitrogens with zero attached hydrogens (tertiary/aromatic N) is 1. The van der Waals surface area contributed by atoms with Gasteiger partial charge in [0.05, 0.1) is 11.3 Å². The molecule has 2 N–H and O–H groups in total. The Morgan fingerprint density at radius 3 is 2.72 bits per heavy atom. The van der Waals surface area contributed by atoms with Crippen molar-refractivity contribution in [3.8, 4) is 6.07 Å². The summed E-state index contributed by atoms with van der Waals surface area (Å²) in [6.45, 7) is 0. The summed E-state index contributed by atoms with van der Waals surface area (Å²) in [5.41, 5.74) is 0.265. The molecule has 2 aromatic rings. The molecular weight excluding hydrogens is 230 g/mol. The molecule has 0 bridgehead atoms. The van der Waals surface area contributed by atoms with Crippen LogP contribution >= 0.6 is 0 Å². The van der Waals surface area contributed by atoms with Crippen LogP contribution in [0.5, 0.6) is 0 Å². The molecule has 0 spiro atoms. The van der Waals surface area contributed by atoms with Crippen molar-refractivity contribution in [3.63, 3.8) is 0 Å². The van der Waals surface area contributed by atoms with Crippen LogP contribution in [0.4, 0.5) is 5.69 Å². The van der Waals surface area contributed by atoms with Crippen molar-refractivity contribution in [1.82, 2.24) is 4.98 Å². The third-order valence-electron chi connectivity index (χ3n) is 2.36. The normalized spacial score (nSPS) is 9.50. The van der Waals surface area contributed by atoms with Gasteiger partial charge in [0, 0.05) is 6.20 Å². The number of carbonyl (C=O) groups is 1. The number of nitrogens with one attached hydrogen (secondary N) is 2. The average Bonchev–Trinajstić information content (AvgIpc) is 2.39. The van der Waals surface area contributed by atoms with E-state index in [0.717, 1.165) is 0 Å². The molecule has 0 saturated carbocycles. The summed E-state index contributed by atoms with van der Waals surface area (Å²) in [6.07, 6.45) is 1.45. The van der Waals surface area contributed by atoms with E-state index in [-0.39, 0.29) is 5.56 Å². The van der Waals surface area contributed by atoms with E-state index in [1.54, 1.807) is 30.3 Å².